The van der Waals surface area contributed by atoms with Gasteiger partial charge in [-0.25, -0.2) is 4.39 Å². The fourth-order valence-corrected chi connectivity index (χ4v) is 3.71. The molecule has 3 nitrogen and oxygen atoms in total. The van der Waals surface area contributed by atoms with Crippen LogP contribution >= 0.6 is 0 Å². The Morgan fingerprint density at radius 3 is 2.85 bits per heavy atom. The molecule has 0 saturated heterocycles. The van der Waals surface area contributed by atoms with Gasteiger partial charge in [-0.2, -0.15) is 0 Å². The summed E-state index contributed by atoms with van der Waals surface area (Å²) in [6.45, 7) is 2.36. The van der Waals surface area contributed by atoms with Crippen LogP contribution in [0, 0.1) is 5.82 Å². The maximum Gasteiger partial charge on any atom is 0.243 e. The van der Waals surface area contributed by atoms with Gasteiger partial charge in [0, 0.05) is 22.8 Å². The summed E-state index contributed by atoms with van der Waals surface area (Å²) < 4.78 is 13.5. The van der Waals surface area contributed by atoms with Gasteiger partial charge in [-0.3, -0.25) is 4.79 Å². The van der Waals surface area contributed by atoms with Gasteiger partial charge in [-0.05, 0) is 55.0 Å². The van der Waals surface area contributed by atoms with Gasteiger partial charge in [-0.1, -0.05) is 36.4 Å². The molecule has 1 unspecified atom stereocenters. The average Bonchev–Trinajstić information content (AvgIpc) is 2.64. The maximum atomic E-state index is 13.5. The number of carbonyl (C=O) groups excluding carboxylic acids is 1. The maximum absolute atomic E-state index is 13.5. The van der Waals surface area contributed by atoms with E-state index in [0.717, 1.165) is 40.6 Å². The van der Waals surface area contributed by atoms with Crippen molar-refractivity contribution in [1.82, 2.24) is 0 Å². The van der Waals surface area contributed by atoms with Crippen molar-refractivity contribution in [3.8, 4) is 0 Å². The first-order chi connectivity index (χ1) is 12.6. The lowest BCUT2D eigenvalue weighted by Gasteiger charge is -2.36. The number of benzene rings is 3. The van der Waals surface area contributed by atoms with Crippen LogP contribution in [0.15, 0.2) is 60.7 Å². The molecule has 0 fully saturated rings. The summed E-state index contributed by atoms with van der Waals surface area (Å²) in [4.78, 5) is 14.8. The molecular weight excluding hydrogens is 327 g/mol. The SMILES string of the molecule is CC1CCc2cc(F)ccc2N1CC(=O)Nc1cccc2ccccc12. The van der Waals surface area contributed by atoms with Crippen molar-refractivity contribution in [1.29, 1.82) is 0 Å². The Kier molecular flexibility index (Phi) is 4.33. The van der Waals surface area contributed by atoms with Crippen molar-refractivity contribution >= 4 is 28.1 Å². The first-order valence-electron chi connectivity index (χ1n) is 8.94. The number of aryl methyl sites for hydroxylation is 1. The molecule has 4 heteroatoms. The Bertz CT molecular complexity index is 964. The van der Waals surface area contributed by atoms with Gasteiger partial charge in [0.15, 0.2) is 0 Å². The second kappa shape index (κ2) is 6.79. The third-order valence-electron chi connectivity index (χ3n) is 5.09. The van der Waals surface area contributed by atoms with Gasteiger partial charge in [0.2, 0.25) is 5.91 Å². The number of carbonyl (C=O) groups is 1. The molecular formula is C22H21FN2O. The fourth-order valence-electron chi connectivity index (χ4n) is 3.71. The van der Waals surface area contributed by atoms with Crippen LogP contribution < -0.4 is 10.2 Å². The van der Waals surface area contributed by atoms with Crippen molar-refractivity contribution in [3.05, 3.63) is 72.0 Å². The van der Waals surface area contributed by atoms with Crippen LogP contribution in [0.5, 0.6) is 0 Å². The molecule has 1 aliphatic rings. The van der Waals surface area contributed by atoms with Crippen molar-refractivity contribution in [2.75, 3.05) is 16.8 Å². The first kappa shape index (κ1) is 16.6. The average molecular weight is 348 g/mol. The third kappa shape index (κ3) is 3.15. The molecule has 0 aromatic heterocycles. The summed E-state index contributed by atoms with van der Waals surface area (Å²) in [6, 6.07) is 19.0. The highest BCUT2D eigenvalue weighted by molar-refractivity contribution is 6.03. The number of rotatable bonds is 3. The summed E-state index contributed by atoms with van der Waals surface area (Å²) in [6.07, 6.45) is 1.76. The lowest BCUT2D eigenvalue weighted by molar-refractivity contribution is -0.115. The predicted molar refractivity (Wildman–Crippen MR) is 104 cm³/mol. The van der Waals surface area contributed by atoms with Gasteiger partial charge in [0.1, 0.15) is 5.82 Å². The van der Waals surface area contributed by atoms with Crippen LogP contribution in [0.1, 0.15) is 18.9 Å². The van der Waals surface area contributed by atoms with E-state index in [2.05, 4.69) is 17.1 Å². The van der Waals surface area contributed by atoms with Gasteiger partial charge < -0.3 is 10.2 Å². The number of fused-ring (bicyclic) bond motifs is 2. The summed E-state index contributed by atoms with van der Waals surface area (Å²) in [7, 11) is 0. The van der Waals surface area contributed by atoms with E-state index in [0.29, 0.717) is 0 Å². The molecule has 1 amide bonds. The lowest BCUT2D eigenvalue weighted by Crippen LogP contribution is -2.42. The zero-order valence-electron chi connectivity index (χ0n) is 14.7. The van der Waals surface area contributed by atoms with Crippen molar-refractivity contribution in [3.63, 3.8) is 0 Å². The molecule has 1 aliphatic heterocycles. The number of hydrogen-bond acceptors (Lipinski definition) is 2. The van der Waals surface area contributed by atoms with Crippen LogP contribution in [0.2, 0.25) is 0 Å². The molecule has 26 heavy (non-hydrogen) atoms. The zero-order valence-corrected chi connectivity index (χ0v) is 14.7. The number of halogens is 1. The van der Waals surface area contributed by atoms with Gasteiger partial charge in [0.05, 0.1) is 6.54 Å². The van der Waals surface area contributed by atoms with E-state index in [1.807, 2.05) is 42.5 Å². The first-order valence-corrected chi connectivity index (χ1v) is 8.94. The van der Waals surface area contributed by atoms with E-state index in [1.54, 1.807) is 12.1 Å². The van der Waals surface area contributed by atoms with Gasteiger partial charge in [0.25, 0.3) is 0 Å². The fraction of sp³-hybridized carbons (Fsp3) is 0.227. The molecule has 0 radical (unpaired) electrons. The van der Waals surface area contributed by atoms with Gasteiger partial charge in [-0.15, -0.1) is 0 Å². The molecule has 1 heterocycles. The van der Waals surface area contributed by atoms with E-state index in [1.165, 1.54) is 6.07 Å². The predicted octanol–water partition coefficient (Wildman–Crippen LogP) is 4.76. The van der Waals surface area contributed by atoms with Crippen LogP contribution in [-0.2, 0) is 11.2 Å². The largest absolute Gasteiger partial charge is 0.359 e. The zero-order chi connectivity index (χ0) is 18.1. The van der Waals surface area contributed by atoms with Crippen LogP contribution in [0.3, 0.4) is 0 Å². The Morgan fingerprint density at radius 1 is 1.15 bits per heavy atom. The Labute approximate surface area is 152 Å². The molecule has 0 bridgehead atoms. The number of nitrogens with one attached hydrogen (secondary N) is 1. The van der Waals surface area contributed by atoms with E-state index >= 15 is 0 Å². The molecule has 3 aromatic rings. The topological polar surface area (TPSA) is 32.3 Å². The quantitative estimate of drug-likeness (QED) is 0.740. The van der Waals surface area contributed by atoms with Crippen molar-refractivity contribution in [2.45, 2.75) is 25.8 Å². The molecule has 1 N–H and O–H groups in total. The number of nitrogens with zero attached hydrogens (tertiary/aromatic N) is 1. The highest BCUT2D eigenvalue weighted by Gasteiger charge is 2.25. The summed E-state index contributed by atoms with van der Waals surface area (Å²) in [5.41, 5.74) is 2.75. The summed E-state index contributed by atoms with van der Waals surface area (Å²) in [5.74, 6) is -0.288. The smallest absolute Gasteiger partial charge is 0.243 e. The van der Waals surface area contributed by atoms with E-state index in [-0.39, 0.29) is 24.3 Å². The molecule has 0 aliphatic carbocycles. The van der Waals surface area contributed by atoms with Crippen molar-refractivity contribution in [2.24, 2.45) is 0 Å². The second-order valence-electron chi connectivity index (χ2n) is 6.86. The Morgan fingerprint density at radius 2 is 1.96 bits per heavy atom. The Hall–Kier alpha value is -2.88. The number of anilines is 2. The minimum atomic E-state index is -0.224. The monoisotopic (exact) mass is 348 g/mol. The molecule has 1 atom stereocenters. The van der Waals surface area contributed by atoms with Crippen LogP contribution in [0.25, 0.3) is 10.8 Å². The number of hydrogen-bond donors (Lipinski definition) is 1. The summed E-state index contributed by atoms with van der Waals surface area (Å²) >= 11 is 0. The summed E-state index contributed by atoms with van der Waals surface area (Å²) in [5, 5.41) is 5.16. The molecule has 3 aromatic carbocycles. The molecule has 0 spiro atoms. The van der Waals surface area contributed by atoms with Crippen molar-refractivity contribution < 1.29 is 9.18 Å². The minimum Gasteiger partial charge on any atom is -0.359 e. The van der Waals surface area contributed by atoms with E-state index in [9.17, 15) is 9.18 Å². The van der Waals surface area contributed by atoms with E-state index in [4.69, 9.17) is 0 Å². The highest BCUT2D eigenvalue weighted by Crippen LogP contribution is 2.31. The second-order valence-corrected chi connectivity index (χ2v) is 6.86. The minimum absolute atomic E-state index is 0.0645. The molecule has 0 saturated carbocycles. The molecule has 132 valence electrons. The highest BCUT2D eigenvalue weighted by atomic mass is 19.1. The number of amides is 1. The lowest BCUT2D eigenvalue weighted by atomic mass is 9.96. The van der Waals surface area contributed by atoms with Crippen LogP contribution in [-0.4, -0.2) is 18.5 Å². The molecule has 4 rings (SSSR count). The normalized spacial score (nSPS) is 16.4. The Balaban J connectivity index is 1.57. The van der Waals surface area contributed by atoms with Crippen LogP contribution in [0.4, 0.5) is 15.8 Å². The third-order valence-corrected chi connectivity index (χ3v) is 5.09. The van der Waals surface area contributed by atoms with Gasteiger partial charge >= 0.3 is 0 Å². The standard InChI is InChI=1S/C22H21FN2O/c1-15-9-10-17-13-18(23)11-12-21(17)25(15)14-22(26)24-20-8-4-6-16-5-2-3-7-19(16)20/h2-8,11-13,15H,9-10,14H2,1H3,(H,24,26). The van der Waals surface area contributed by atoms with E-state index < -0.39 is 0 Å².